The Morgan fingerprint density at radius 1 is 1.47 bits per heavy atom. The van der Waals surface area contributed by atoms with Crippen LogP contribution in [0.4, 0.5) is 11.4 Å². The zero-order valence-electron chi connectivity index (χ0n) is 11.4. The highest BCUT2D eigenvalue weighted by Gasteiger charge is 2.29. The number of carbonyl (C=O) groups is 1. The average Bonchev–Trinajstić information content (AvgIpc) is 2.74. The van der Waals surface area contributed by atoms with Crippen LogP contribution in [-0.4, -0.2) is 37.8 Å². The summed E-state index contributed by atoms with van der Waals surface area (Å²) in [6, 6.07) is 5.78. The van der Waals surface area contributed by atoms with Gasteiger partial charge in [0.1, 0.15) is 6.04 Å². The summed E-state index contributed by atoms with van der Waals surface area (Å²) >= 11 is 0. The molecular formula is C14H21N3O2. The molecule has 0 radical (unpaired) electrons. The van der Waals surface area contributed by atoms with E-state index in [1.165, 1.54) is 0 Å². The molecule has 1 aliphatic heterocycles. The fourth-order valence-electron chi connectivity index (χ4n) is 2.47. The summed E-state index contributed by atoms with van der Waals surface area (Å²) in [7, 11) is 1.78. The molecule has 0 bridgehead atoms. The van der Waals surface area contributed by atoms with Gasteiger partial charge in [-0.1, -0.05) is 6.07 Å². The summed E-state index contributed by atoms with van der Waals surface area (Å²) in [4.78, 5) is 14.0. The lowest BCUT2D eigenvalue weighted by molar-refractivity contribution is -0.117. The van der Waals surface area contributed by atoms with Crippen molar-refractivity contribution < 1.29 is 9.90 Å². The van der Waals surface area contributed by atoms with E-state index in [1.807, 2.05) is 18.2 Å². The van der Waals surface area contributed by atoms with Crippen LogP contribution in [0.15, 0.2) is 18.2 Å². The van der Waals surface area contributed by atoms with Crippen molar-refractivity contribution in [1.29, 1.82) is 0 Å². The first-order valence-electron chi connectivity index (χ1n) is 6.69. The molecule has 1 heterocycles. The third-order valence-electron chi connectivity index (χ3n) is 3.49. The first-order valence-corrected chi connectivity index (χ1v) is 6.69. The molecular weight excluding hydrogens is 242 g/mol. The minimum Gasteiger partial charge on any atom is -0.396 e. The van der Waals surface area contributed by atoms with Gasteiger partial charge in [0.25, 0.3) is 0 Å². The second-order valence-electron chi connectivity index (χ2n) is 4.64. The zero-order chi connectivity index (χ0) is 13.8. The number of nitrogens with one attached hydrogen (secondary N) is 2. The molecule has 104 valence electrons. The Balaban J connectivity index is 2.22. The average molecular weight is 263 g/mol. The highest BCUT2D eigenvalue weighted by Crippen LogP contribution is 2.33. The molecule has 0 aromatic heterocycles. The number of anilines is 2. The standard InChI is InChI=1S/C14H21N3O2/c1-3-17(7-4-8-18)10-5-6-11-12(9-10)16-14(19)13(11)15-2/h5-6,9,13,15,18H,3-4,7-8H2,1-2H3,(H,16,19). The molecule has 2 rings (SSSR count). The van der Waals surface area contributed by atoms with E-state index in [4.69, 9.17) is 5.11 Å². The van der Waals surface area contributed by atoms with Crippen LogP contribution in [0.25, 0.3) is 0 Å². The number of rotatable bonds is 6. The van der Waals surface area contributed by atoms with Crippen molar-refractivity contribution in [1.82, 2.24) is 5.32 Å². The summed E-state index contributed by atoms with van der Waals surface area (Å²) in [5.41, 5.74) is 2.95. The molecule has 0 spiro atoms. The van der Waals surface area contributed by atoms with Crippen LogP contribution in [0.1, 0.15) is 24.9 Å². The van der Waals surface area contributed by atoms with E-state index in [9.17, 15) is 4.79 Å². The van der Waals surface area contributed by atoms with Crippen molar-refractivity contribution in [2.24, 2.45) is 0 Å². The number of likely N-dealkylation sites (N-methyl/N-ethyl adjacent to an activating group) is 1. The Morgan fingerprint density at radius 3 is 2.89 bits per heavy atom. The number of hydrogen-bond donors (Lipinski definition) is 3. The zero-order valence-corrected chi connectivity index (χ0v) is 11.4. The Hall–Kier alpha value is -1.59. The van der Waals surface area contributed by atoms with E-state index in [0.717, 1.165) is 36.4 Å². The highest BCUT2D eigenvalue weighted by molar-refractivity contribution is 6.03. The molecule has 0 saturated heterocycles. The second kappa shape index (κ2) is 6.04. The molecule has 0 saturated carbocycles. The molecule has 5 heteroatoms. The molecule has 0 aliphatic carbocycles. The molecule has 1 aliphatic rings. The quantitative estimate of drug-likeness (QED) is 0.719. The minimum absolute atomic E-state index is 0.00643. The van der Waals surface area contributed by atoms with Crippen LogP contribution in [0, 0.1) is 0 Å². The van der Waals surface area contributed by atoms with Crippen LogP contribution in [0.3, 0.4) is 0 Å². The first kappa shape index (κ1) is 13.8. The molecule has 5 nitrogen and oxygen atoms in total. The second-order valence-corrected chi connectivity index (χ2v) is 4.64. The maximum absolute atomic E-state index is 11.8. The van der Waals surface area contributed by atoms with Crippen molar-refractivity contribution in [3.63, 3.8) is 0 Å². The number of aliphatic hydroxyl groups excluding tert-OH is 1. The Morgan fingerprint density at radius 2 is 2.26 bits per heavy atom. The Labute approximate surface area is 113 Å². The first-order chi connectivity index (χ1) is 9.21. The molecule has 0 fully saturated rings. The van der Waals surface area contributed by atoms with Crippen molar-refractivity contribution in [2.45, 2.75) is 19.4 Å². The third-order valence-corrected chi connectivity index (χ3v) is 3.49. The van der Waals surface area contributed by atoms with Crippen molar-refractivity contribution >= 4 is 17.3 Å². The van der Waals surface area contributed by atoms with E-state index in [0.29, 0.717) is 0 Å². The van der Waals surface area contributed by atoms with Crippen LogP contribution >= 0.6 is 0 Å². The molecule has 1 amide bonds. The lowest BCUT2D eigenvalue weighted by Crippen LogP contribution is -2.24. The number of aliphatic hydroxyl groups is 1. The summed E-state index contributed by atoms with van der Waals surface area (Å²) < 4.78 is 0. The molecule has 1 aromatic rings. The lowest BCUT2D eigenvalue weighted by Gasteiger charge is -2.23. The van der Waals surface area contributed by atoms with Crippen LogP contribution < -0.4 is 15.5 Å². The molecule has 19 heavy (non-hydrogen) atoms. The fourth-order valence-corrected chi connectivity index (χ4v) is 2.47. The van der Waals surface area contributed by atoms with Crippen LogP contribution in [-0.2, 0) is 4.79 Å². The molecule has 1 aromatic carbocycles. The van der Waals surface area contributed by atoms with Gasteiger partial charge in [-0.3, -0.25) is 4.79 Å². The number of hydrogen-bond acceptors (Lipinski definition) is 4. The maximum Gasteiger partial charge on any atom is 0.246 e. The van der Waals surface area contributed by atoms with Gasteiger partial charge in [0.2, 0.25) is 5.91 Å². The molecule has 1 atom stereocenters. The Kier molecular flexibility index (Phi) is 4.39. The van der Waals surface area contributed by atoms with Gasteiger partial charge < -0.3 is 20.6 Å². The van der Waals surface area contributed by atoms with Gasteiger partial charge in [0.05, 0.1) is 0 Å². The maximum atomic E-state index is 11.8. The van der Waals surface area contributed by atoms with E-state index in [-0.39, 0.29) is 18.6 Å². The minimum atomic E-state index is -0.253. The lowest BCUT2D eigenvalue weighted by atomic mass is 10.1. The third kappa shape index (κ3) is 2.72. The van der Waals surface area contributed by atoms with Gasteiger partial charge in [0, 0.05) is 36.6 Å². The van der Waals surface area contributed by atoms with Gasteiger partial charge in [-0.25, -0.2) is 0 Å². The summed E-state index contributed by atoms with van der Waals surface area (Å²) in [5, 5.41) is 14.8. The number of amides is 1. The van der Waals surface area contributed by atoms with Gasteiger partial charge in [-0.05, 0) is 32.5 Å². The SMILES string of the molecule is CCN(CCCO)c1ccc2c(c1)NC(=O)C2NC. The van der Waals surface area contributed by atoms with Crippen molar-refractivity contribution in [3.05, 3.63) is 23.8 Å². The van der Waals surface area contributed by atoms with E-state index >= 15 is 0 Å². The monoisotopic (exact) mass is 263 g/mol. The van der Waals surface area contributed by atoms with Crippen molar-refractivity contribution in [3.8, 4) is 0 Å². The van der Waals surface area contributed by atoms with E-state index in [1.54, 1.807) is 7.05 Å². The topological polar surface area (TPSA) is 64.6 Å². The van der Waals surface area contributed by atoms with E-state index < -0.39 is 0 Å². The normalized spacial score (nSPS) is 17.2. The van der Waals surface area contributed by atoms with Gasteiger partial charge in [-0.15, -0.1) is 0 Å². The predicted molar refractivity (Wildman–Crippen MR) is 76.5 cm³/mol. The fraction of sp³-hybridized carbons (Fsp3) is 0.500. The highest BCUT2D eigenvalue weighted by atomic mass is 16.3. The Bertz CT molecular complexity index is 462. The van der Waals surface area contributed by atoms with E-state index in [2.05, 4.69) is 22.5 Å². The predicted octanol–water partition coefficient (Wildman–Crippen LogP) is 1.11. The largest absolute Gasteiger partial charge is 0.396 e. The number of nitrogens with zero attached hydrogens (tertiary/aromatic N) is 1. The molecule has 3 N–H and O–H groups in total. The smallest absolute Gasteiger partial charge is 0.246 e. The number of carbonyl (C=O) groups excluding carboxylic acids is 1. The summed E-state index contributed by atoms with van der Waals surface area (Å²) in [5.74, 6) is -0.00643. The number of fused-ring (bicyclic) bond motifs is 1. The van der Waals surface area contributed by atoms with Crippen LogP contribution in [0.2, 0.25) is 0 Å². The van der Waals surface area contributed by atoms with Gasteiger partial charge >= 0.3 is 0 Å². The summed E-state index contributed by atoms with van der Waals surface area (Å²) in [6.45, 7) is 3.97. The number of benzene rings is 1. The summed E-state index contributed by atoms with van der Waals surface area (Å²) in [6.07, 6.45) is 0.746. The van der Waals surface area contributed by atoms with Gasteiger partial charge in [0.15, 0.2) is 0 Å². The molecule has 1 unspecified atom stereocenters. The van der Waals surface area contributed by atoms with Gasteiger partial charge in [-0.2, -0.15) is 0 Å². The van der Waals surface area contributed by atoms with Crippen LogP contribution in [0.5, 0.6) is 0 Å². The van der Waals surface area contributed by atoms with Crippen molar-refractivity contribution in [2.75, 3.05) is 37.0 Å².